The van der Waals surface area contributed by atoms with E-state index in [-0.39, 0.29) is 5.91 Å². The molecule has 0 saturated heterocycles. The van der Waals surface area contributed by atoms with Crippen molar-refractivity contribution < 1.29 is 9.90 Å². The Bertz CT molecular complexity index is 408. The van der Waals surface area contributed by atoms with Crippen LogP contribution in [-0.4, -0.2) is 21.6 Å². The lowest BCUT2D eigenvalue weighted by atomic mass is 9.97. The maximum absolute atomic E-state index is 11.9. The number of pyridine rings is 1. The summed E-state index contributed by atoms with van der Waals surface area (Å²) in [6, 6.07) is 3.38. The number of unbranched alkanes of at least 4 members (excludes halogenated alkanes) is 2. The van der Waals surface area contributed by atoms with Gasteiger partial charge in [0.1, 0.15) is 10.2 Å². The highest BCUT2D eigenvalue weighted by atomic mass is 79.9. The molecule has 0 aliphatic heterocycles. The number of halogens is 1. The van der Waals surface area contributed by atoms with E-state index in [2.05, 4.69) is 33.2 Å². The topological polar surface area (TPSA) is 62.2 Å². The van der Waals surface area contributed by atoms with E-state index in [4.69, 9.17) is 0 Å². The molecule has 0 bridgehead atoms. The first kappa shape index (κ1) is 15.1. The fraction of sp³-hybridized carbons (Fsp3) is 0.538. The van der Waals surface area contributed by atoms with Crippen molar-refractivity contribution in [3.8, 4) is 0 Å². The highest BCUT2D eigenvalue weighted by molar-refractivity contribution is 9.10. The summed E-state index contributed by atoms with van der Waals surface area (Å²) in [5.41, 5.74) is -0.706. The Balaban J connectivity index is 2.58. The van der Waals surface area contributed by atoms with Gasteiger partial charge in [0.2, 0.25) is 0 Å². The number of rotatable bonds is 6. The van der Waals surface area contributed by atoms with Gasteiger partial charge in [-0.15, -0.1) is 0 Å². The van der Waals surface area contributed by atoms with Crippen LogP contribution in [0.25, 0.3) is 0 Å². The average Bonchev–Trinajstić information content (AvgIpc) is 2.29. The van der Waals surface area contributed by atoms with Crippen molar-refractivity contribution in [2.75, 3.05) is 5.32 Å². The van der Waals surface area contributed by atoms with Crippen molar-refractivity contribution in [3.63, 3.8) is 0 Å². The molecule has 1 rings (SSSR count). The van der Waals surface area contributed by atoms with E-state index in [1.54, 1.807) is 25.3 Å². The lowest BCUT2D eigenvalue weighted by Gasteiger charge is -2.22. The van der Waals surface area contributed by atoms with Gasteiger partial charge < -0.3 is 10.4 Å². The standard InChI is InChI=1S/C13H19BrN2O2/c1-3-4-5-7-13(2,18)12(17)16-10-6-8-15-11(14)9-10/h6,8-9,18H,3-5,7H2,1-2H3,(H,15,16,17). The zero-order chi connectivity index (χ0) is 13.6. The van der Waals surface area contributed by atoms with Crippen LogP contribution in [0.3, 0.4) is 0 Å². The van der Waals surface area contributed by atoms with E-state index in [1.807, 2.05) is 0 Å². The first-order chi connectivity index (χ1) is 8.45. The monoisotopic (exact) mass is 314 g/mol. The van der Waals surface area contributed by atoms with E-state index < -0.39 is 5.60 Å². The number of nitrogens with zero attached hydrogens (tertiary/aromatic N) is 1. The lowest BCUT2D eigenvalue weighted by Crippen LogP contribution is -2.39. The predicted molar refractivity (Wildman–Crippen MR) is 75.3 cm³/mol. The minimum Gasteiger partial charge on any atom is -0.380 e. The summed E-state index contributed by atoms with van der Waals surface area (Å²) in [7, 11) is 0. The van der Waals surface area contributed by atoms with E-state index in [9.17, 15) is 9.90 Å². The van der Waals surface area contributed by atoms with Gasteiger partial charge in [-0.1, -0.05) is 26.2 Å². The summed E-state index contributed by atoms with van der Waals surface area (Å²) < 4.78 is 0.644. The molecule has 0 spiro atoms. The minimum absolute atomic E-state index is 0.378. The third-order valence-electron chi connectivity index (χ3n) is 2.74. The zero-order valence-electron chi connectivity index (χ0n) is 10.7. The Kier molecular flexibility index (Phi) is 5.75. The maximum atomic E-state index is 11.9. The number of nitrogens with one attached hydrogen (secondary N) is 1. The van der Waals surface area contributed by atoms with Gasteiger partial charge in [0.15, 0.2) is 0 Å². The zero-order valence-corrected chi connectivity index (χ0v) is 12.3. The van der Waals surface area contributed by atoms with Crippen molar-refractivity contribution in [2.45, 2.75) is 45.1 Å². The minimum atomic E-state index is -1.33. The quantitative estimate of drug-likeness (QED) is 0.626. The molecule has 2 N–H and O–H groups in total. The first-order valence-electron chi connectivity index (χ1n) is 6.11. The molecule has 18 heavy (non-hydrogen) atoms. The van der Waals surface area contributed by atoms with Crippen molar-refractivity contribution in [3.05, 3.63) is 22.9 Å². The molecule has 1 atom stereocenters. The molecule has 0 fully saturated rings. The van der Waals surface area contributed by atoms with Crippen LogP contribution in [0.4, 0.5) is 5.69 Å². The molecule has 0 aromatic carbocycles. The number of aliphatic hydroxyl groups is 1. The molecule has 1 unspecified atom stereocenters. The number of carbonyl (C=O) groups excluding carboxylic acids is 1. The molecule has 0 aliphatic rings. The number of hydrogen-bond donors (Lipinski definition) is 2. The van der Waals surface area contributed by atoms with Gasteiger partial charge in [0, 0.05) is 11.9 Å². The van der Waals surface area contributed by atoms with E-state index in [1.165, 1.54) is 0 Å². The molecular formula is C13H19BrN2O2. The van der Waals surface area contributed by atoms with Gasteiger partial charge in [0.25, 0.3) is 5.91 Å². The van der Waals surface area contributed by atoms with Gasteiger partial charge >= 0.3 is 0 Å². The Labute approximate surface area is 116 Å². The van der Waals surface area contributed by atoms with Crippen molar-refractivity contribution >= 4 is 27.5 Å². The normalized spacial score (nSPS) is 14.0. The summed E-state index contributed by atoms with van der Waals surface area (Å²) >= 11 is 3.23. The molecule has 5 heteroatoms. The van der Waals surface area contributed by atoms with Crippen LogP contribution in [0.2, 0.25) is 0 Å². The summed E-state index contributed by atoms with van der Waals surface area (Å²) in [5, 5.41) is 12.8. The summed E-state index contributed by atoms with van der Waals surface area (Å²) in [6.45, 7) is 3.64. The average molecular weight is 315 g/mol. The molecule has 100 valence electrons. The third kappa shape index (κ3) is 4.74. The number of carbonyl (C=O) groups is 1. The second-order valence-electron chi connectivity index (χ2n) is 4.55. The van der Waals surface area contributed by atoms with Gasteiger partial charge in [-0.05, 0) is 41.4 Å². The molecule has 1 aromatic heterocycles. The largest absolute Gasteiger partial charge is 0.380 e. The van der Waals surface area contributed by atoms with Crippen molar-refractivity contribution in [2.24, 2.45) is 0 Å². The number of anilines is 1. The second-order valence-corrected chi connectivity index (χ2v) is 5.36. The molecule has 1 heterocycles. The molecule has 0 radical (unpaired) electrons. The van der Waals surface area contributed by atoms with Crippen LogP contribution in [0.1, 0.15) is 39.5 Å². The summed E-state index contributed by atoms with van der Waals surface area (Å²) in [6.07, 6.45) is 4.99. The van der Waals surface area contributed by atoms with Gasteiger partial charge in [-0.2, -0.15) is 0 Å². The fourth-order valence-electron chi connectivity index (χ4n) is 1.58. The third-order valence-corrected chi connectivity index (χ3v) is 3.17. The van der Waals surface area contributed by atoms with Crippen LogP contribution in [0, 0.1) is 0 Å². The van der Waals surface area contributed by atoms with E-state index >= 15 is 0 Å². The predicted octanol–water partition coefficient (Wildman–Crippen LogP) is 3.11. The molecular weight excluding hydrogens is 296 g/mol. The van der Waals surface area contributed by atoms with Crippen molar-refractivity contribution in [1.82, 2.24) is 4.98 Å². The maximum Gasteiger partial charge on any atom is 0.256 e. The van der Waals surface area contributed by atoms with Crippen LogP contribution >= 0.6 is 15.9 Å². The second kappa shape index (κ2) is 6.85. The lowest BCUT2D eigenvalue weighted by molar-refractivity contribution is -0.133. The first-order valence-corrected chi connectivity index (χ1v) is 6.90. The van der Waals surface area contributed by atoms with Gasteiger partial charge in [-0.3, -0.25) is 4.79 Å². The Hall–Kier alpha value is -0.940. The van der Waals surface area contributed by atoms with Crippen LogP contribution < -0.4 is 5.32 Å². The Morgan fingerprint density at radius 2 is 2.28 bits per heavy atom. The molecule has 0 aliphatic carbocycles. The van der Waals surface area contributed by atoms with E-state index in [0.29, 0.717) is 16.7 Å². The number of aromatic nitrogens is 1. The Morgan fingerprint density at radius 3 is 2.89 bits per heavy atom. The smallest absolute Gasteiger partial charge is 0.256 e. The molecule has 0 saturated carbocycles. The van der Waals surface area contributed by atoms with Gasteiger partial charge in [-0.25, -0.2) is 4.98 Å². The van der Waals surface area contributed by atoms with Crippen LogP contribution in [-0.2, 0) is 4.79 Å². The highest BCUT2D eigenvalue weighted by Gasteiger charge is 2.29. The van der Waals surface area contributed by atoms with Crippen LogP contribution in [0.5, 0.6) is 0 Å². The number of amides is 1. The van der Waals surface area contributed by atoms with E-state index in [0.717, 1.165) is 19.3 Å². The summed E-state index contributed by atoms with van der Waals surface area (Å²) in [5.74, 6) is -0.378. The van der Waals surface area contributed by atoms with Gasteiger partial charge in [0.05, 0.1) is 0 Å². The molecule has 1 amide bonds. The Morgan fingerprint density at radius 1 is 1.56 bits per heavy atom. The fourth-order valence-corrected chi connectivity index (χ4v) is 1.94. The summed E-state index contributed by atoms with van der Waals surface area (Å²) in [4.78, 5) is 15.9. The van der Waals surface area contributed by atoms with Crippen LogP contribution in [0.15, 0.2) is 22.9 Å². The molecule has 1 aromatic rings. The molecule has 4 nitrogen and oxygen atoms in total. The van der Waals surface area contributed by atoms with Crippen molar-refractivity contribution in [1.29, 1.82) is 0 Å². The SMILES string of the molecule is CCCCCC(C)(O)C(=O)Nc1ccnc(Br)c1. The highest BCUT2D eigenvalue weighted by Crippen LogP contribution is 2.19. The number of hydrogen-bond acceptors (Lipinski definition) is 3.